The first-order valence-electron chi connectivity index (χ1n) is 7.35. The average Bonchev–Trinajstić information content (AvgIpc) is 2.63. The molecule has 118 valence electrons. The van der Waals surface area contributed by atoms with Crippen molar-refractivity contribution >= 4 is 17.5 Å². The first-order chi connectivity index (χ1) is 11.6. The molecule has 2 amide bonds. The molecule has 0 radical (unpaired) electrons. The molecule has 5 heteroatoms. The summed E-state index contributed by atoms with van der Waals surface area (Å²) in [5, 5.41) is 2.77. The Morgan fingerprint density at radius 1 is 0.833 bits per heavy atom. The number of hydrogen-bond acceptors (Lipinski definition) is 3. The minimum absolute atomic E-state index is 0.271. The van der Waals surface area contributed by atoms with Crippen LogP contribution in [0.15, 0.2) is 73.1 Å². The Balaban J connectivity index is 1.79. The van der Waals surface area contributed by atoms with Gasteiger partial charge in [-0.2, -0.15) is 0 Å². The summed E-state index contributed by atoms with van der Waals surface area (Å²) in [6.45, 7) is 0. The van der Waals surface area contributed by atoms with Crippen LogP contribution in [-0.2, 0) is 0 Å². The van der Waals surface area contributed by atoms with Crippen molar-refractivity contribution in [1.82, 2.24) is 4.98 Å². The lowest BCUT2D eigenvalue weighted by Crippen LogP contribution is -2.13. The van der Waals surface area contributed by atoms with Crippen LogP contribution in [0, 0.1) is 0 Å². The van der Waals surface area contributed by atoms with Crippen molar-refractivity contribution in [3.8, 4) is 11.1 Å². The van der Waals surface area contributed by atoms with Crippen LogP contribution < -0.4 is 11.1 Å². The topological polar surface area (TPSA) is 85.1 Å². The van der Waals surface area contributed by atoms with Gasteiger partial charge in [-0.05, 0) is 35.9 Å². The number of amides is 2. The van der Waals surface area contributed by atoms with Crippen LogP contribution in [0.25, 0.3) is 11.1 Å². The van der Waals surface area contributed by atoms with Gasteiger partial charge in [-0.1, -0.05) is 30.3 Å². The summed E-state index contributed by atoms with van der Waals surface area (Å²) in [5.74, 6) is -0.778. The molecule has 0 saturated carbocycles. The Bertz CT molecular complexity index is 875. The quantitative estimate of drug-likeness (QED) is 0.775. The number of carbonyl (C=O) groups is 2. The molecule has 0 bridgehead atoms. The van der Waals surface area contributed by atoms with Gasteiger partial charge in [0, 0.05) is 29.2 Å². The van der Waals surface area contributed by atoms with E-state index in [1.54, 1.807) is 36.5 Å². The maximum Gasteiger partial charge on any atom is 0.257 e. The Morgan fingerprint density at radius 2 is 1.54 bits per heavy atom. The van der Waals surface area contributed by atoms with E-state index in [4.69, 9.17) is 5.73 Å². The highest BCUT2D eigenvalue weighted by molar-refractivity contribution is 6.05. The van der Waals surface area contributed by atoms with Crippen molar-refractivity contribution in [3.05, 3.63) is 84.2 Å². The predicted molar refractivity (Wildman–Crippen MR) is 92.6 cm³/mol. The third kappa shape index (κ3) is 3.47. The number of anilines is 1. The second-order valence-corrected chi connectivity index (χ2v) is 5.22. The molecule has 5 nitrogen and oxygen atoms in total. The van der Waals surface area contributed by atoms with Gasteiger partial charge in [0.05, 0.1) is 5.56 Å². The molecule has 0 fully saturated rings. The van der Waals surface area contributed by atoms with Crippen LogP contribution in [0.4, 0.5) is 5.69 Å². The number of nitrogens with zero attached hydrogens (tertiary/aromatic N) is 1. The Kier molecular flexibility index (Phi) is 4.34. The molecule has 0 unspecified atom stereocenters. The molecule has 2 aromatic carbocycles. The van der Waals surface area contributed by atoms with Gasteiger partial charge in [-0.3, -0.25) is 14.6 Å². The second-order valence-electron chi connectivity index (χ2n) is 5.22. The van der Waals surface area contributed by atoms with Crippen molar-refractivity contribution in [2.24, 2.45) is 5.73 Å². The van der Waals surface area contributed by atoms with Gasteiger partial charge in [0.2, 0.25) is 5.91 Å². The Labute approximate surface area is 139 Å². The predicted octanol–water partition coefficient (Wildman–Crippen LogP) is 3.10. The second kappa shape index (κ2) is 6.75. The molecule has 0 saturated heterocycles. The number of rotatable bonds is 4. The first-order valence-corrected chi connectivity index (χ1v) is 7.35. The minimum Gasteiger partial charge on any atom is -0.366 e. The molecule has 0 aliphatic rings. The maximum absolute atomic E-state index is 12.4. The van der Waals surface area contributed by atoms with Crippen molar-refractivity contribution in [3.63, 3.8) is 0 Å². The zero-order valence-corrected chi connectivity index (χ0v) is 12.8. The summed E-state index contributed by atoms with van der Waals surface area (Å²) in [4.78, 5) is 27.6. The molecule has 3 aromatic rings. The van der Waals surface area contributed by atoms with Crippen LogP contribution in [0.3, 0.4) is 0 Å². The van der Waals surface area contributed by atoms with Crippen molar-refractivity contribution in [1.29, 1.82) is 0 Å². The lowest BCUT2D eigenvalue weighted by atomic mass is 10.1. The molecular weight excluding hydrogens is 302 g/mol. The van der Waals surface area contributed by atoms with Crippen molar-refractivity contribution in [2.75, 3.05) is 5.32 Å². The van der Waals surface area contributed by atoms with E-state index in [1.165, 1.54) is 6.20 Å². The lowest BCUT2D eigenvalue weighted by molar-refractivity contribution is 0.0998. The van der Waals surface area contributed by atoms with Gasteiger partial charge in [0.25, 0.3) is 5.91 Å². The Hall–Kier alpha value is -3.47. The summed E-state index contributed by atoms with van der Waals surface area (Å²) in [6, 6.07) is 17.9. The van der Waals surface area contributed by atoms with Crippen LogP contribution in [-0.4, -0.2) is 16.8 Å². The fourth-order valence-electron chi connectivity index (χ4n) is 2.27. The van der Waals surface area contributed by atoms with Gasteiger partial charge < -0.3 is 11.1 Å². The number of primary amides is 1. The third-order valence-electron chi connectivity index (χ3n) is 3.53. The SMILES string of the molecule is NC(=O)c1ccc(NC(=O)c2cncc(-c3ccccc3)c2)cc1. The largest absolute Gasteiger partial charge is 0.366 e. The van der Waals surface area contributed by atoms with E-state index in [9.17, 15) is 9.59 Å². The average molecular weight is 317 g/mol. The molecule has 0 atom stereocenters. The molecule has 0 spiro atoms. The van der Waals surface area contributed by atoms with E-state index < -0.39 is 5.91 Å². The first kappa shape index (κ1) is 15.4. The van der Waals surface area contributed by atoms with Crippen LogP contribution in [0.5, 0.6) is 0 Å². The summed E-state index contributed by atoms with van der Waals surface area (Å²) in [6.07, 6.45) is 3.23. The number of pyridine rings is 1. The third-order valence-corrected chi connectivity index (χ3v) is 3.53. The normalized spacial score (nSPS) is 10.2. The van der Waals surface area contributed by atoms with E-state index in [0.29, 0.717) is 16.8 Å². The molecule has 1 heterocycles. The van der Waals surface area contributed by atoms with Gasteiger partial charge in [-0.25, -0.2) is 0 Å². The highest BCUT2D eigenvalue weighted by Crippen LogP contribution is 2.19. The van der Waals surface area contributed by atoms with Gasteiger partial charge in [0.15, 0.2) is 0 Å². The highest BCUT2D eigenvalue weighted by atomic mass is 16.2. The maximum atomic E-state index is 12.4. The smallest absolute Gasteiger partial charge is 0.257 e. The highest BCUT2D eigenvalue weighted by Gasteiger charge is 2.09. The number of nitrogens with one attached hydrogen (secondary N) is 1. The molecule has 0 aliphatic carbocycles. The van der Waals surface area contributed by atoms with Gasteiger partial charge in [0.1, 0.15) is 0 Å². The number of nitrogens with two attached hydrogens (primary N) is 1. The zero-order chi connectivity index (χ0) is 16.9. The van der Waals surface area contributed by atoms with Crippen LogP contribution in [0.1, 0.15) is 20.7 Å². The molecule has 1 aromatic heterocycles. The van der Waals surface area contributed by atoms with E-state index in [-0.39, 0.29) is 5.91 Å². The number of aromatic nitrogens is 1. The fraction of sp³-hybridized carbons (Fsp3) is 0. The molecule has 24 heavy (non-hydrogen) atoms. The summed E-state index contributed by atoms with van der Waals surface area (Å²) < 4.78 is 0. The molecule has 0 aliphatic heterocycles. The lowest BCUT2D eigenvalue weighted by Gasteiger charge is -2.07. The van der Waals surface area contributed by atoms with E-state index in [1.807, 2.05) is 30.3 Å². The standard InChI is InChI=1S/C19H15N3O2/c20-18(23)14-6-8-17(9-7-14)22-19(24)16-10-15(11-21-12-16)13-4-2-1-3-5-13/h1-12H,(H2,20,23)(H,22,24). The van der Waals surface area contributed by atoms with Gasteiger partial charge >= 0.3 is 0 Å². The monoisotopic (exact) mass is 317 g/mol. The number of benzene rings is 2. The summed E-state index contributed by atoms with van der Waals surface area (Å²) >= 11 is 0. The molecule has 3 rings (SSSR count). The summed E-state index contributed by atoms with van der Waals surface area (Å²) in [7, 11) is 0. The van der Waals surface area contributed by atoms with E-state index in [2.05, 4.69) is 10.3 Å². The summed E-state index contributed by atoms with van der Waals surface area (Å²) in [5.41, 5.74) is 8.47. The van der Waals surface area contributed by atoms with Crippen molar-refractivity contribution in [2.45, 2.75) is 0 Å². The fourth-order valence-corrected chi connectivity index (χ4v) is 2.27. The number of hydrogen-bond donors (Lipinski definition) is 2. The van der Waals surface area contributed by atoms with E-state index >= 15 is 0 Å². The Morgan fingerprint density at radius 3 is 2.21 bits per heavy atom. The molecule has 3 N–H and O–H groups in total. The molecular formula is C19H15N3O2. The van der Waals surface area contributed by atoms with Crippen molar-refractivity contribution < 1.29 is 9.59 Å². The van der Waals surface area contributed by atoms with Gasteiger partial charge in [-0.15, -0.1) is 0 Å². The zero-order valence-electron chi connectivity index (χ0n) is 12.8. The van der Waals surface area contributed by atoms with Crippen LogP contribution >= 0.6 is 0 Å². The number of carbonyl (C=O) groups excluding carboxylic acids is 2. The van der Waals surface area contributed by atoms with E-state index in [0.717, 1.165) is 11.1 Å². The van der Waals surface area contributed by atoms with Crippen LogP contribution in [0.2, 0.25) is 0 Å². The minimum atomic E-state index is -0.507.